The minimum absolute atomic E-state index is 0.0437. The van der Waals surface area contributed by atoms with Gasteiger partial charge in [-0.2, -0.15) is 13.2 Å². The highest BCUT2D eigenvalue weighted by atomic mass is 19.4. The van der Waals surface area contributed by atoms with E-state index in [2.05, 4.69) is 5.32 Å². The maximum atomic E-state index is 12.2. The molecule has 2 rings (SSSR count). The minimum atomic E-state index is -4.26. The highest BCUT2D eigenvalue weighted by Gasteiger charge is 2.28. The van der Waals surface area contributed by atoms with Crippen LogP contribution in [0.15, 0.2) is 24.3 Å². The molecule has 0 bridgehead atoms. The van der Waals surface area contributed by atoms with Crippen LogP contribution in [0, 0.1) is 6.92 Å². The molecule has 1 saturated carbocycles. The molecule has 1 fully saturated rings. The average molecular weight is 287 g/mol. The van der Waals surface area contributed by atoms with Crippen LogP contribution in [0.25, 0.3) is 0 Å². The summed E-state index contributed by atoms with van der Waals surface area (Å²) in [7, 11) is 0. The molecule has 1 aromatic carbocycles. The van der Waals surface area contributed by atoms with Gasteiger partial charge in [-0.1, -0.05) is 29.8 Å². The predicted octanol–water partition coefficient (Wildman–Crippen LogP) is 3.41. The lowest BCUT2D eigenvalue weighted by Crippen LogP contribution is -2.28. The van der Waals surface area contributed by atoms with Crippen molar-refractivity contribution in [2.75, 3.05) is 19.8 Å². The Kier molecular flexibility index (Phi) is 5.05. The monoisotopic (exact) mass is 287 g/mol. The SMILES string of the molecule is Cc1cccc(C(CNC2CC2)COCC(F)(F)F)c1. The Bertz CT molecular complexity index is 429. The molecule has 0 spiro atoms. The maximum absolute atomic E-state index is 12.2. The van der Waals surface area contributed by atoms with Crippen LogP contribution in [-0.2, 0) is 4.74 Å². The van der Waals surface area contributed by atoms with Gasteiger partial charge in [-0.25, -0.2) is 0 Å². The molecular formula is C15H20F3NO. The quantitative estimate of drug-likeness (QED) is 0.830. The first-order valence-corrected chi connectivity index (χ1v) is 6.88. The summed E-state index contributed by atoms with van der Waals surface area (Å²) < 4.78 is 41.3. The van der Waals surface area contributed by atoms with Crippen LogP contribution in [0.2, 0.25) is 0 Å². The van der Waals surface area contributed by atoms with Crippen molar-refractivity contribution in [3.63, 3.8) is 0 Å². The molecule has 1 aliphatic rings. The Morgan fingerprint density at radius 1 is 1.35 bits per heavy atom. The van der Waals surface area contributed by atoms with E-state index in [9.17, 15) is 13.2 Å². The molecule has 1 aromatic rings. The van der Waals surface area contributed by atoms with Crippen LogP contribution in [0.1, 0.15) is 29.9 Å². The summed E-state index contributed by atoms with van der Waals surface area (Å²) in [4.78, 5) is 0. The number of hydrogen-bond acceptors (Lipinski definition) is 2. The van der Waals surface area contributed by atoms with Crippen molar-refractivity contribution >= 4 is 0 Å². The van der Waals surface area contributed by atoms with Crippen LogP contribution < -0.4 is 5.32 Å². The molecule has 0 aromatic heterocycles. The molecule has 0 radical (unpaired) electrons. The zero-order chi connectivity index (χ0) is 14.6. The highest BCUT2D eigenvalue weighted by molar-refractivity contribution is 5.26. The second-order valence-electron chi connectivity index (χ2n) is 5.42. The molecule has 0 amide bonds. The van der Waals surface area contributed by atoms with Gasteiger partial charge >= 0.3 is 6.18 Å². The van der Waals surface area contributed by atoms with Crippen LogP contribution >= 0.6 is 0 Å². The van der Waals surface area contributed by atoms with Crippen molar-refractivity contribution in [1.29, 1.82) is 0 Å². The smallest absolute Gasteiger partial charge is 0.371 e. The number of ether oxygens (including phenoxy) is 1. The number of nitrogens with one attached hydrogen (secondary N) is 1. The second kappa shape index (κ2) is 6.59. The Hall–Kier alpha value is -1.07. The van der Waals surface area contributed by atoms with Gasteiger partial charge in [-0.15, -0.1) is 0 Å². The number of benzene rings is 1. The van der Waals surface area contributed by atoms with E-state index in [0.717, 1.165) is 24.0 Å². The van der Waals surface area contributed by atoms with Crippen molar-refractivity contribution in [3.8, 4) is 0 Å². The third-order valence-corrected chi connectivity index (χ3v) is 3.33. The van der Waals surface area contributed by atoms with Gasteiger partial charge in [0.25, 0.3) is 0 Å². The largest absolute Gasteiger partial charge is 0.411 e. The van der Waals surface area contributed by atoms with E-state index in [4.69, 9.17) is 4.74 Å². The minimum Gasteiger partial charge on any atom is -0.371 e. The summed E-state index contributed by atoms with van der Waals surface area (Å²) in [5.74, 6) is -0.0437. The number of alkyl halides is 3. The Labute approximate surface area is 117 Å². The fraction of sp³-hybridized carbons (Fsp3) is 0.600. The molecule has 5 heteroatoms. The lowest BCUT2D eigenvalue weighted by molar-refractivity contribution is -0.174. The van der Waals surface area contributed by atoms with E-state index in [1.807, 2.05) is 31.2 Å². The van der Waals surface area contributed by atoms with E-state index < -0.39 is 12.8 Å². The van der Waals surface area contributed by atoms with Gasteiger partial charge in [0.05, 0.1) is 6.61 Å². The molecular weight excluding hydrogens is 267 g/mol. The first kappa shape index (κ1) is 15.3. The summed E-state index contributed by atoms with van der Waals surface area (Å²) in [5.41, 5.74) is 2.13. The van der Waals surface area contributed by atoms with E-state index in [-0.39, 0.29) is 12.5 Å². The van der Waals surface area contributed by atoms with Gasteiger partial charge in [0.1, 0.15) is 6.61 Å². The third-order valence-electron chi connectivity index (χ3n) is 3.33. The van der Waals surface area contributed by atoms with Crippen LogP contribution in [0.3, 0.4) is 0 Å². The standard InChI is InChI=1S/C15H20F3NO/c1-11-3-2-4-12(7-11)13(8-19-14-5-6-14)9-20-10-15(16,17)18/h2-4,7,13-14,19H,5-6,8-10H2,1H3. The van der Waals surface area contributed by atoms with Crippen molar-refractivity contribution in [1.82, 2.24) is 5.32 Å². The number of hydrogen-bond donors (Lipinski definition) is 1. The molecule has 20 heavy (non-hydrogen) atoms. The van der Waals surface area contributed by atoms with Gasteiger partial charge < -0.3 is 10.1 Å². The van der Waals surface area contributed by atoms with E-state index in [0.29, 0.717) is 12.6 Å². The van der Waals surface area contributed by atoms with Crippen molar-refractivity contribution in [3.05, 3.63) is 35.4 Å². The average Bonchev–Trinajstić information content (AvgIpc) is 3.16. The second-order valence-corrected chi connectivity index (χ2v) is 5.42. The zero-order valence-corrected chi connectivity index (χ0v) is 11.5. The molecule has 1 aliphatic carbocycles. The maximum Gasteiger partial charge on any atom is 0.411 e. The summed E-state index contributed by atoms with van der Waals surface area (Å²) >= 11 is 0. The zero-order valence-electron chi connectivity index (χ0n) is 11.5. The van der Waals surface area contributed by atoms with Gasteiger partial charge in [0, 0.05) is 18.5 Å². The molecule has 0 aliphatic heterocycles. The van der Waals surface area contributed by atoms with Crippen LogP contribution in [0.4, 0.5) is 13.2 Å². The topological polar surface area (TPSA) is 21.3 Å². The van der Waals surface area contributed by atoms with Gasteiger partial charge in [0.15, 0.2) is 0 Å². The van der Waals surface area contributed by atoms with Gasteiger partial charge in [-0.05, 0) is 25.3 Å². The molecule has 0 heterocycles. The molecule has 1 atom stereocenters. The molecule has 112 valence electrons. The molecule has 1 N–H and O–H groups in total. The molecule has 0 saturated heterocycles. The van der Waals surface area contributed by atoms with Crippen molar-refractivity contribution in [2.45, 2.75) is 37.9 Å². The summed E-state index contributed by atoms with van der Waals surface area (Å²) in [6.07, 6.45) is -1.95. The van der Waals surface area contributed by atoms with Gasteiger partial charge in [-0.3, -0.25) is 0 Å². The lowest BCUT2D eigenvalue weighted by atomic mass is 9.98. The lowest BCUT2D eigenvalue weighted by Gasteiger charge is -2.19. The van der Waals surface area contributed by atoms with Crippen LogP contribution in [0.5, 0.6) is 0 Å². The van der Waals surface area contributed by atoms with E-state index in [1.54, 1.807) is 0 Å². The van der Waals surface area contributed by atoms with Crippen molar-refractivity contribution < 1.29 is 17.9 Å². The first-order chi connectivity index (χ1) is 9.44. The first-order valence-electron chi connectivity index (χ1n) is 6.88. The predicted molar refractivity (Wildman–Crippen MR) is 71.8 cm³/mol. The van der Waals surface area contributed by atoms with E-state index >= 15 is 0 Å². The molecule has 1 unspecified atom stereocenters. The van der Waals surface area contributed by atoms with Crippen LogP contribution in [-0.4, -0.2) is 32.0 Å². The highest BCUT2D eigenvalue weighted by Crippen LogP contribution is 2.23. The molecule has 2 nitrogen and oxygen atoms in total. The normalized spacial score (nSPS) is 17.2. The van der Waals surface area contributed by atoms with Gasteiger partial charge in [0.2, 0.25) is 0 Å². The Morgan fingerprint density at radius 2 is 2.10 bits per heavy atom. The number of rotatable bonds is 7. The Balaban J connectivity index is 1.92. The fourth-order valence-corrected chi connectivity index (χ4v) is 2.11. The van der Waals surface area contributed by atoms with Crippen molar-refractivity contribution in [2.24, 2.45) is 0 Å². The summed E-state index contributed by atoms with van der Waals surface area (Å²) in [6, 6.07) is 8.40. The number of aryl methyl sites for hydroxylation is 1. The van der Waals surface area contributed by atoms with E-state index in [1.165, 1.54) is 0 Å². The summed E-state index contributed by atoms with van der Waals surface area (Å²) in [6.45, 7) is 1.54. The summed E-state index contributed by atoms with van der Waals surface area (Å²) in [5, 5.41) is 3.36. The third kappa shape index (κ3) is 5.51. The fourth-order valence-electron chi connectivity index (χ4n) is 2.11. The number of halogens is 3. The Morgan fingerprint density at radius 3 is 2.70 bits per heavy atom.